The number of carbonyl (C=O) groups is 3. The zero-order valence-corrected chi connectivity index (χ0v) is 14.4. The van der Waals surface area contributed by atoms with E-state index in [9.17, 15) is 23.2 Å². The van der Waals surface area contributed by atoms with Gasteiger partial charge >= 0.3 is 0 Å². The third kappa shape index (κ3) is 5.84. The predicted octanol–water partition coefficient (Wildman–Crippen LogP) is 0.750. The number of rotatable bonds is 7. The first-order chi connectivity index (χ1) is 12.8. The Morgan fingerprint density at radius 3 is 2.37 bits per heavy atom. The number of hydrogen-bond acceptors (Lipinski definition) is 4. The standard InChI is InChI=1S/C18H18F2N4O3/c1-10(23-15(25)7-11-5-13(19)8-14(20)6-11)18(27)24-16(17(21)26)12-3-2-4-22-9-12/h2-6,8-10,16H,7H2,1H3,(H2,21,26)(H,23,25)(H,24,27)/t10-,16?/m0/s1. The summed E-state index contributed by atoms with van der Waals surface area (Å²) in [6, 6.07) is 3.79. The van der Waals surface area contributed by atoms with Gasteiger partial charge in [0.25, 0.3) is 0 Å². The molecule has 0 saturated heterocycles. The Kier molecular flexibility index (Phi) is 6.53. The highest BCUT2D eigenvalue weighted by Gasteiger charge is 2.24. The van der Waals surface area contributed by atoms with Crippen LogP contribution in [-0.2, 0) is 20.8 Å². The highest BCUT2D eigenvalue weighted by molar-refractivity contribution is 5.92. The number of benzene rings is 1. The summed E-state index contributed by atoms with van der Waals surface area (Å²) in [6.45, 7) is 1.40. The van der Waals surface area contributed by atoms with E-state index < -0.39 is 41.4 Å². The number of carbonyl (C=O) groups excluding carboxylic acids is 3. The number of pyridine rings is 1. The zero-order chi connectivity index (χ0) is 20.0. The number of aromatic nitrogens is 1. The highest BCUT2D eigenvalue weighted by atomic mass is 19.1. The largest absolute Gasteiger partial charge is 0.368 e. The number of primary amides is 1. The molecule has 142 valence electrons. The summed E-state index contributed by atoms with van der Waals surface area (Å²) >= 11 is 0. The molecule has 1 aromatic heterocycles. The van der Waals surface area contributed by atoms with Gasteiger partial charge in [-0.3, -0.25) is 19.4 Å². The molecule has 3 amide bonds. The summed E-state index contributed by atoms with van der Waals surface area (Å²) in [5.74, 6) is -3.65. The van der Waals surface area contributed by atoms with Crippen molar-refractivity contribution in [1.82, 2.24) is 15.6 Å². The van der Waals surface area contributed by atoms with Crippen LogP contribution >= 0.6 is 0 Å². The van der Waals surface area contributed by atoms with E-state index in [-0.39, 0.29) is 12.0 Å². The molecule has 0 aliphatic carbocycles. The van der Waals surface area contributed by atoms with Crippen molar-refractivity contribution in [1.29, 1.82) is 0 Å². The van der Waals surface area contributed by atoms with Gasteiger partial charge in [0.2, 0.25) is 17.7 Å². The Bertz CT molecular complexity index is 826. The lowest BCUT2D eigenvalue weighted by Crippen LogP contribution is -2.48. The molecule has 2 atom stereocenters. The quantitative estimate of drug-likeness (QED) is 0.662. The molecule has 7 nitrogen and oxygen atoms in total. The molecule has 0 saturated carbocycles. The van der Waals surface area contributed by atoms with Crippen molar-refractivity contribution in [2.75, 3.05) is 0 Å². The Balaban J connectivity index is 1.97. The number of halogens is 2. The maximum absolute atomic E-state index is 13.2. The molecule has 0 bridgehead atoms. The van der Waals surface area contributed by atoms with E-state index in [1.54, 1.807) is 12.1 Å². The summed E-state index contributed by atoms with van der Waals surface area (Å²) in [6.07, 6.45) is 2.58. The Labute approximate surface area is 154 Å². The Hall–Kier alpha value is -3.36. The number of hydrogen-bond donors (Lipinski definition) is 3. The molecule has 27 heavy (non-hydrogen) atoms. The van der Waals surface area contributed by atoms with Crippen molar-refractivity contribution in [3.8, 4) is 0 Å². The van der Waals surface area contributed by atoms with Crippen LogP contribution in [0.4, 0.5) is 8.78 Å². The molecular weight excluding hydrogens is 358 g/mol. The molecular formula is C18H18F2N4O3. The average Bonchev–Trinajstić information content (AvgIpc) is 2.58. The number of amides is 3. The van der Waals surface area contributed by atoms with E-state index in [4.69, 9.17) is 5.73 Å². The third-order valence-corrected chi connectivity index (χ3v) is 3.65. The molecule has 1 aromatic carbocycles. The van der Waals surface area contributed by atoms with Crippen LogP contribution in [0, 0.1) is 11.6 Å². The van der Waals surface area contributed by atoms with Crippen LogP contribution in [0.15, 0.2) is 42.7 Å². The lowest BCUT2D eigenvalue weighted by Gasteiger charge is -2.19. The van der Waals surface area contributed by atoms with Gasteiger partial charge in [0.1, 0.15) is 23.7 Å². The molecule has 0 aliphatic heterocycles. The van der Waals surface area contributed by atoms with E-state index in [0.29, 0.717) is 11.6 Å². The van der Waals surface area contributed by atoms with Crippen LogP contribution in [0.1, 0.15) is 24.1 Å². The van der Waals surface area contributed by atoms with Gasteiger partial charge < -0.3 is 16.4 Å². The topological polar surface area (TPSA) is 114 Å². The SMILES string of the molecule is C[C@H](NC(=O)Cc1cc(F)cc(F)c1)C(=O)NC(C(N)=O)c1cccnc1. The predicted molar refractivity (Wildman–Crippen MR) is 92.0 cm³/mol. The van der Waals surface area contributed by atoms with E-state index in [0.717, 1.165) is 12.1 Å². The second-order valence-electron chi connectivity index (χ2n) is 5.87. The minimum Gasteiger partial charge on any atom is -0.368 e. The Morgan fingerprint density at radius 1 is 1.15 bits per heavy atom. The molecule has 2 aromatic rings. The van der Waals surface area contributed by atoms with Crippen molar-refractivity contribution >= 4 is 17.7 Å². The van der Waals surface area contributed by atoms with E-state index in [1.165, 1.54) is 19.3 Å². The van der Waals surface area contributed by atoms with Crippen LogP contribution in [-0.4, -0.2) is 28.7 Å². The van der Waals surface area contributed by atoms with Crippen molar-refractivity contribution in [2.45, 2.75) is 25.4 Å². The van der Waals surface area contributed by atoms with E-state index >= 15 is 0 Å². The zero-order valence-electron chi connectivity index (χ0n) is 14.4. The first-order valence-corrected chi connectivity index (χ1v) is 8.00. The summed E-state index contributed by atoms with van der Waals surface area (Å²) < 4.78 is 26.3. The molecule has 0 aliphatic rings. The van der Waals surface area contributed by atoms with E-state index in [1.807, 2.05) is 0 Å². The summed E-state index contributed by atoms with van der Waals surface area (Å²) in [7, 11) is 0. The number of nitrogens with two attached hydrogens (primary N) is 1. The normalized spacial score (nSPS) is 12.7. The maximum Gasteiger partial charge on any atom is 0.244 e. The first-order valence-electron chi connectivity index (χ1n) is 8.00. The van der Waals surface area contributed by atoms with Gasteiger partial charge in [-0.05, 0) is 30.7 Å². The van der Waals surface area contributed by atoms with Gasteiger partial charge in [-0.1, -0.05) is 6.07 Å². The lowest BCUT2D eigenvalue weighted by atomic mass is 10.1. The van der Waals surface area contributed by atoms with Gasteiger partial charge in [-0.25, -0.2) is 8.78 Å². The monoisotopic (exact) mass is 376 g/mol. The van der Waals surface area contributed by atoms with Crippen LogP contribution in [0.3, 0.4) is 0 Å². The van der Waals surface area contributed by atoms with Crippen LogP contribution in [0.2, 0.25) is 0 Å². The highest BCUT2D eigenvalue weighted by Crippen LogP contribution is 2.11. The second-order valence-corrected chi connectivity index (χ2v) is 5.87. The molecule has 9 heteroatoms. The van der Waals surface area contributed by atoms with Crippen molar-refractivity contribution in [3.63, 3.8) is 0 Å². The molecule has 2 rings (SSSR count). The fraction of sp³-hybridized carbons (Fsp3) is 0.222. The van der Waals surface area contributed by atoms with Gasteiger partial charge in [-0.15, -0.1) is 0 Å². The van der Waals surface area contributed by atoms with E-state index in [2.05, 4.69) is 15.6 Å². The summed E-state index contributed by atoms with van der Waals surface area (Å²) in [5.41, 5.74) is 5.83. The first kappa shape index (κ1) is 20.0. The fourth-order valence-electron chi connectivity index (χ4n) is 2.39. The number of nitrogens with one attached hydrogen (secondary N) is 2. The molecule has 4 N–H and O–H groups in total. The van der Waals surface area contributed by atoms with Gasteiger partial charge in [0, 0.05) is 24.0 Å². The molecule has 1 unspecified atom stereocenters. The maximum atomic E-state index is 13.2. The Morgan fingerprint density at radius 2 is 1.81 bits per heavy atom. The minimum atomic E-state index is -1.11. The molecule has 1 heterocycles. The minimum absolute atomic E-state index is 0.128. The van der Waals surface area contributed by atoms with Gasteiger partial charge in [0.15, 0.2) is 0 Å². The van der Waals surface area contributed by atoms with Crippen LogP contribution in [0.5, 0.6) is 0 Å². The smallest absolute Gasteiger partial charge is 0.244 e. The molecule has 0 radical (unpaired) electrons. The molecule has 0 fully saturated rings. The van der Waals surface area contributed by atoms with Crippen molar-refractivity contribution in [2.24, 2.45) is 5.73 Å². The van der Waals surface area contributed by atoms with Crippen LogP contribution in [0.25, 0.3) is 0 Å². The fourth-order valence-corrected chi connectivity index (χ4v) is 2.39. The molecule has 0 spiro atoms. The van der Waals surface area contributed by atoms with Crippen LogP contribution < -0.4 is 16.4 Å². The average molecular weight is 376 g/mol. The van der Waals surface area contributed by atoms with Gasteiger partial charge in [-0.2, -0.15) is 0 Å². The third-order valence-electron chi connectivity index (χ3n) is 3.65. The summed E-state index contributed by atoms with van der Waals surface area (Å²) in [5, 5.41) is 4.83. The summed E-state index contributed by atoms with van der Waals surface area (Å²) in [4.78, 5) is 39.7. The number of nitrogens with zero attached hydrogens (tertiary/aromatic N) is 1. The van der Waals surface area contributed by atoms with Gasteiger partial charge in [0.05, 0.1) is 6.42 Å². The lowest BCUT2D eigenvalue weighted by molar-refractivity contribution is -0.130. The second kappa shape index (κ2) is 8.84. The van der Waals surface area contributed by atoms with Crippen molar-refractivity contribution < 1.29 is 23.2 Å². The van der Waals surface area contributed by atoms with Crippen molar-refractivity contribution in [3.05, 3.63) is 65.5 Å².